The van der Waals surface area contributed by atoms with Crippen molar-refractivity contribution in [2.45, 2.75) is 28.2 Å². The molecule has 0 aromatic heterocycles. The van der Waals surface area contributed by atoms with E-state index in [1.807, 2.05) is 54.6 Å². The monoisotopic (exact) mass is 463 g/mol. The van der Waals surface area contributed by atoms with Crippen LogP contribution in [-0.2, 0) is 6.42 Å². The number of nitrogens with two attached hydrogens (primary N) is 1. The maximum absolute atomic E-state index is 14.7. The largest absolute Gasteiger partial charge is 0.497 e. The first-order valence-corrected chi connectivity index (χ1v) is 10.5. The summed E-state index contributed by atoms with van der Waals surface area (Å²) in [5, 5.41) is 18.6. The molecule has 0 aliphatic rings. The van der Waals surface area contributed by atoms with E-state index < -0.39 is 5.54 Å². The highest BCUT2D eigenvalue weighted by atomic mass is 35.5. The summed E-state index contributed by atoms with van der Waals surface area (Å²) in [5.74, 6) is 0.511. The van der Waals surface area contributed by atoms with Crippen LogP contribution in [0.25, 0.3) is 11.1 Å². The third-order valence-electron chi connectivity index (χ3n) is 5.04. The molecule has 0 radical (unpaired) electrons. The van der Waals surface area contributed by atoms with Crippen molar-refractivity contribution in [2.75, 3.05) is 20.3 Å². The smallest absolute Gasteiger partial charge is 0.132 e. The van der Waals surface area contributed by atoms with E-state index in [2.05, 4.69) is 0 Å². The minimum Gasteiger partial charge on any atom is -0.497 e. The van der Waals surface area contributed by atoms with Crippen molar-refractivity contribution in [1.29, 1.82) is 0 Å². The minimum absolute atomic E-state index is 0. The normalized spacial score (nSPS) is 11.1. The van der Waals surface area contributed by atoms with Crippen molar-refractivity contribution in [1.82, 2.24) is 0 Å². The number of aliphatic hydroxyl groups is 2. The van der Waals surface area contributed by atoms with Crippen molar-refractivity contribution < 1.29 is 19.3 Å². The molecule has 0 fully saturated rings. The van der Waals surface area contributed by atoms with Gasteiger partial charge in [0.2, 0.25) is 0 Å². The zero-order chi connectivity index (χ0) is 21.6. The van der Waals surface area contributed by atoms with Gasteiger partial charge < -0.3 is 20.7 Å². The van der Waals surface area contributed by atoms with Crippen LogP contribution in [0, 0.1) is 5.82 Å². The second kappa shape index (κ2) is 11.5. The molecule has 0 amide bonds. The van der Waals surface area contributed by atoms with E-state index in [0.717, 1.165) is 26.7 Å². The molecule has 3 aromatic carbocycles. The lowest BCUT2D eigenvalue weighted by molar-refractivity contribution is 0.115. The van der Waals surface area contributed by atoms with Crippen LogP contribution in [0.5, 0.6) is 5.75 Å². The Kier molecular flexibility index (Phi) is 9.34. The van der Waals surface area contributed by atoms with Gasteiger partial charge in [0, 0.05) is 15.4 Å². The average molecular weight is 464 g/mol. The SMILES string of the molecule is COc1ccc(Sc2ccc(-c3ccc(CCC(N)(CO)CO)cc3)c(F)c2)cc1.Cl. The second-order valence-corrected chi connectivity index (χ2v) is 8.44. The summed E-state index contributed by atoms with van der Waals surface area (Å²) in [6, 6.07) is 20.5. The van der Waals surface area contributed by atoms with Crippen LogP contribution in [-0.4, -0.2) is 36.1 Å². The van der Waals surface area contributed by atoms with E-state index in [9.17, 15) is 14.6 Å². The van der Waals surface area contributed by atoms with E-state index >= 15 is 0 Å². The molecule has 0 aliphatic heterocycles. The van der Waals surface area contributed by atoms with Gasteiger partial charge in [-0.05, 0) is 60.4 Å². The fourth-order valence-electron chi connectivity index (χ4n) is 3.03. The molecular weight excluding hydrogens is 437 g/mol. The maximum atomic E-state index is 14.7. The van der Waals surface area contributed by atoms with Gasteiger partial charge >= 0.3 is 0 Å². The maximum Gasteiger partial charge on any atom is 0.132 e. The molecular formula is C24H27ClFNO3S. The molecule has 0 saturated heterocycles. The van der Waals surface area contributed by atoms with Crippen LogP contribution in [0.15, 0.2) is 76.5 Å². The number of hydrogen-bond donors (Lipinski definition) is 3. The Balaban J connectivity index is 0.00000341. The summed E-state index contributed by atoms with van der Waals surface area (Å²) in [5.41, 5.74) is 7.28. The van der Waals surface area contributed by atoms with Crippen LogP contribution in [0.3, 0.4) is 0 Å². The van der Waals surface area contributed by atoms with Crippen LogP contribution in [0.1, 0.15) is 12.0 Å². The molecule has 31 heavy (non-hydrogen) atoms. The number of methoxy groups -OCH3 is 1. The summed E-state index contributed by atoms with van der Waals surface area (Å²) < 4.78 is 19.9. The van der Waals surface area contributed by atoms with Gasteiger partial charge in [-0.25, -0.2) is 4.39 Å². The van der Waals surface area contributed by atoms with Crippen molar-refractivity contribution in [2.24, 2.45) is 5.73 Å². The number of aryl methyl sites for hydroxylation is 1. The third-order valence-corrected chi connectivity index (χ3v) is 6.04. The van der Waals surface area contributed by atoms with Gasteiger partial charge in [0.15, 0.2) is 0 Å². The molecule has 0 heterocycles. The molecule has 0 spiro atoms. The Bertz CT molecular complexity index is 964. The summed E-state index contributed by atoms with van der Waals surface area (Å²) in [6.07, 6.45) is 1.09. The first-order chi connectivity index (χ1) is 14.5. The molecule has 0 unspecified atom stereocenters. The van der Waals surface area contributed by atoms with Gasteiger partial charge in [-0.3, -0.25) is 0 Å². The number of hydrogen-bond acceptors (Lipinski definition) is 5. The van der Waals surface area contributed by atoms with Crippen LogP contribution >= 0.6 is 24.2 Å². The summed E-state index contributed by atoms with van der Waals surface area (Å²) >= 11 is 1.49. The molecule has 0 bridgehead atoms. The first-order valence-electron chi connectivity index (χ1n) is 9.68. The van der Waals surface area contributed by atoms with Gasteiger partial charge in [0.25, 0.3) is 0 Å². The Morgan fingerprint density at radius 1 is 0.935 bits per heavy atom. The highest BCUT2D eigenvalue weighted by molar-refractivity contribution is 7.99. The lowest BCUT2D eigenvalue weighted by atomic mass is 9.93. The quantitative estimate of drug-likeness (QED) is 0.429. The van der Waals surface area contributed by atoms with Gasteiger partial charge in [0.1, 0.15) is 11.6 Å². The van der Waals surface area contributed by atoms with E-state index in [-0.39, 0.29) is 31.4 Å². The molecule has 166 valence electrons. The number of aliphatic hydroxyl groups excluding tert-OH is 2. The zero-order valence-corrected chi connectivity index (χ0v) is 18.9. The highest BCUT2D eigenvalue weighted by Gasteiger charge is 2.22. The van der Waals surface area contributed by atoms with E-state index in [1.165, 1.54) is 11.8 Å². The van der Waals surface area contributed by atoms with Crippen LogP contribution in [0.4, 0.5) is 4.39 Å². The second-order valence-electron chi connectivity index (χ2n) is 7.29. The van der Waals surface area contributed by atoms with Gasteiger partial charge in [-0.1, -0.05) is 42.1 Å². The summed E-state index contributed by atoms with van der Waals surface area (Å²) in [4.78, 5) is 1.83. The number of halogens is 2. The van der Waals surface area contributed by atoms with E-state index in [1.54, 1.807) is 19.2 Å². The molecule has 4 nitrogen and oxygen atoms in total. The predicted octanol–water partition coefficient (Wildman–Crippen LogP) is 4.69. The third kappa shape index (κ3) is 6.69. The van der Waals surface area contributed by atoms with Gasteiger partial charge in [-0.2, -0.15) is 0 Å². The fraction of sp³-hybridized carbons (Fsp3) is 0.250. The minimum atomic E-state index is -0.984. The topological polar surface area (TPSA) is 75.7 Å². The van der Waals surface area contributed by atoms with Gasteiger partial charge in [0.05, 0.1) is 25.9 Å². The number of benzene rings is 3. The summed E-state index contributed by atoms with van der Waals surface area (Å²) in [7, 11) is 1.62. The lowest BCUT2D eigenvalue weighted by Crippen LogP contribution is -2.47. The lowest BCUT2D eigenvalue weighted by Gasteiger charge is -2.24. The van der Waals surface area contributed by atoms with Crippen molar-refractivity contribution in [3.05, 3.63) is 78.1 Å². The van der Waals surface area contributed by atoms with Crippen molar-refractivity contribution in [3.63, 3.8) is 0 Å². The molecule has 7 heteroatoms. The van der Waals surface area contributed by atoms with Gasteiger partial charge in [-0.15, -0.1) is 12.4 Å². The average Bonchev–Trinajstić information content (AvgIpc) is 2.78. The molecule has 4 N–H and O–H groups in total. The Morgan fingerprint density at radius 2 is 1.55 bits per heavy atom. The molecule has 0 aliphatic carbocycles. The molecule has 3 aromatic rings. The number of ether oxygens (including phenoxy) is 1. The van der Waals surface area contributed by atoms with E-state index in [4.69, 9.17) is 10.5 Å². The molecule has 0 atom stereocenters. The van der Waals surface area contributed by atoms with Crippen LogP contribution in [0.2, 0.25) is 0 Å². The number of rotatable bonds is 9. The van der Waals surface area contributed by atoms with Crippen molar-refractivity contribution >= 4 is 24.2 Å². The zero-order valence-electron chi connectivity index (χ0n) is 17.3. The standard InChI is InChI=1S/C24H26FNO3S.ClH/c1-29-19-6-8-20(9-7-19)30-21-10-11-22(23(25)14-21)18-4-2-17(3-5-18)12-13-24(26,15-27)16-28;/h2-11,14,27-28H,12-13,15-16,26H2,1H3;1H. The Labute approximate surface area is 192 Å². The molecule has 3 rings (SSSR count). The fourth-order valence-corrected chi connectivity index (χ4v) is 3.87. The van der Waals surface area contributed by atoms with Crippen LogP contribution < -0.4 is 10.5 Å². The van der Waals surface area contributed by atoms with E-state index in [0.29, 0.717) is 18.4 Å². The van der Waals surface area contributed by atoms with Crippen molar-refractivity contribution in [3.8, 4) is 16.9 Å². The Hall–Kier alpha value is -2.09. The summed E-state index contributed by atoms with van der Waals surface area (Å²) in [6.45, 7) is -0.540. The predicted molar refractivity (Wildman–Crippen MR) is 126 cm³/mol. The first kappa shape index (κ1) is 25.2. The molecule has 0 saturated carbocycles. The Morgan fingerprint density at radius 3 is 2.10 bits per heavy atom. The highest BCUT2D eigenvalue weighted by Crippen LogP contribution is 2.32.